The van der Waals surface area contributed by atoms with Crippen LogP contribution in [0.25, 0.3) is 0 Å². The Hall–Kier alpha value is -3.82. The number of unbranched alkanes of at least 4 members (excludes halogenated alkanes) is 2. The van der Waals surface area contributed by atoms with Gasteiger partial charge < -0.3 is 42.6 Å². The molecule has 15 nitrogen and oxygen atoms in total. The molecular formula is C56H84N4O11S4Si. The summed E-state index contributed by atoms with van der Waals surface area (Å²) in [6.45, 7) is 28.0. The monoisotopic (exact) mass is 1140 g/mol. The fourth-order valence-electron chi connectivity index (χ4n) is 9.25. The lowest BCUT2D eigenvalue weighted by atomic mass is 9.85. The summed E-state index contributed by atoms with van der Waals surface area (Å²) in [7, 11) is 8.03. The second kappa shape index (κ2) is 27.9. The Morgan fingerprint density at radius 3 is 1.49 bits per heavy atom. The SMILES string of the molecule is C=C1C[C@@H](CC)N(C(=O)c2cc(OC)c(OCCCCCOc3cc(NC(=O)OCC4(SSCC)CCC4)c(C(=O)N4CC(=C)C[C@H]4CO[Si](C)(C)C(C)(C)C)cc3OC)cc2NC(=O)OCC2(SSCC)CCC2)C1. The molecule has 20 heteroatoms. The highest BCUT2D eigenvalue weighted by Gasteiger charge is 2.43. The van der Waals surface area contributed by atoms with Crippen LogP contribution in [-0.2, 0) is 13.9 Å². The van der Waals surface area contributed by atoms with Crippen molar-refractivity contribution in [1.82, 2.24) is 9.80 Å². The molecule has 0 radical (unpaired) electrons. The van der Waals surface area contributed by atoms with Crippen LogP contribution in [0.2, 0.25) is 18.1 Å². The summed E-state index contributed by atoms with van der Waals surface area (Å²) in [4.78, 5) is 59.6. The van der Waals surface area contributed by atoms with Gasteiger partial charge in [-0.15, -0.1) is 0 Å². The number of ether oxygens (including phenoxy) is 6. The molecule has 0 aromatic heterocycles. The fraction of sp³-hybridized carbons (Fsp3) is 0.643. The minimum Gasteiger partial charge on any atom is -0.493 e. The van der Waals surface area contributed by atoms with Crippen LogP contribution in [0.1, 0.15) is 139 Å². The zero-order chi connectivity index (χ0) is 55.3. The predicted octanol–water partition coefficient (Wildman–Crippen LogP) is 14.1. The highest BCUT2D eigenvalue weighted by molar-refractivity contribution is 8.77. The van der Waals surface area contributed by atoms with Crippen LogP contribution in [0.5, 0.6) is 23.0 Å². The van der Waals surface area contributed by atoms with E-state index in [1.54, 1.807) is 77.2 Å². The molecule has 2 heterocycles. The van der Waals surface area contributed by atoms with Crippen molar-refractivity contribution in [3.63, 3.8) is 0 Å². The predicted molar refractivity (Wildman–Crippen MR) is 316 cm³/mol. The minimum atomic E-state index is -2.12. The molecule has 0 spiro atoms. The molecule has 2 atom stereocenters. The summed E-state index contributed by atoms with van der Waals surface area (Å²) in [6.07, 6.45) is 8.93. The number of rotatable bonds is 28. The van der Waals surface area contributed by atoms with E-state index in [1.165, 1.54) is 14.2 Å². The number of anilines is 2. The third-order valence-electron chi connectivity index (χ3n) is 15.2. The molecule has 0 bridgehead atoms. The smallest absolute Gasteiger partial charge is 0.411 e. The first kappa shape index (κ1) is 61.4. The molecule has 4 fully saturated rings. The number of likely N-dealkylation sites (tertiary alicyclic amines) is 2. The molecule has 422 valence electrons. The Morgan fingerprint density at radius 2 is 1.11 bits per heavy atom. The molecule has 2 N–H and O–H groups in total. The normalized spacial score (nSPS) is 18.9. The van der Waals surface area contributed by atoms with Crippen molar-refractivity contribution in [2.45, 2.75) is 158 Å². The Balaban J connectivity index is 1.13. The Morgan fingerprint density at radius 1 is 0.671 bits per heavy atom. The highest BCUT2D eigenvalue weighted by Crippen LogP contribution is 2.51. The molecule has 0 unspecified atom stereocenters. The Bertz CT molecular complexity index is 2380. The summed E-state index contributed by atoms with van der Waals surface area (Å²) in [5.74, 6) is 2.86. The van der Waals surface area contributed by atoms with Gasteiger partial charge in [0.05, 0.1) is 72.1 Å². The minimum absolute atomic E-state index is 0.0000587. The van der Waals surface area contributed by atoms with Crippen molar-refractivity contribution in [2.75, 3.05) is 82.5 Å². The largest absolute Gasteiger partial charge is 0.493 e. The average molecular weight is 1150 g/mol. The maximum Gasteiger partial charge on any atom is 0.411 e. The van der Waals surface area contributed by atoms with Gasteiger partial charge in [-0.2, -0.15) is 0 Å². The van der Waals surface area contributed by atoms with Crippen molar-refractivity contribution in [3.05, 3.63) is 59.7 Å². The lowest BCUT2D eigenvalue weighted by Crippen LogP contribution is -2.46. The number of benzene rings is 2. The first-order valence-electron chi connectivity index (χ1n) is 27.0. The molecule has 2 aliphatic heterocycles. The number of carbonyl (C=O) groups excluding carboxylic acids is 4. The molecule has 4 amide bonds. The van der Waals surface area contributed by atoms with Crippen LogP contribution in [0.4, 0.5) is 21.0 Å². The molecule has 2 aromatic rings. The summed E-state index contributed by atoms with van der Waals surface area (Å²) in [5.41, 5.74) is 2.98. The number of methoxy groups -OCH3 is 2. The lowest BCUT2D eigenvalue weighted by Gasteiger charge is -2.39. The van der Waals surface area contributed by atoms with E-state index in [0.29, 0.717) is 81.6 Å². The van der Waals surface area contributed by atoms with E-state index in [0.717, 1.165) is 74.0 Å². The fourth-order valence-corrected chi connectivity index (χ4v) is 15.6. The molecule has 2 saturated carbocycles. The topological polar surface area (TPSA) is 163 Å². The van der Waals surface area contributed by atoms with Crippen LogP contribution >= 0.6 is 43.2 Å². The van der Waals surface area contributed by atoms with Gasteiger partial charge in [0.25, 0.3) is 11.8 Å². The molecule has 76 heavy (non-hydrogen) atoms. The van der Waals surface area contributed by atoms with E-state index < -0.39 is 20.5 Å². The second-order valence-corrected chi connectivity index (χ2v) is 32.8. The number of hydrogen-bond donors (Lipinski definition) is 2. The van der Waals surface area contributed by atoms with Gasteiger partial charge in [-0.25, -0.2) is 9.59 Å². The van der Waals surface area contributed by atoms with Crippen molar-refractivity contribution >= 4 is 86.9 Å². The average Bonchev–Trinajstić information content (AvgIpc) is 3.94. The maximum absolute atomic E-state index is 14.7. The first-order chi connectivity index (χ1) is 36.2. The van der Waals surface area contributed by atoms with Gasteiger partial charge >= 0.3 is 12.2 Å². The molecule has 2 aliphatic carbocycles. The van der Waals surface area contributed by atoms with Crippen molar-refractivity contribution in [2.24, 2.45) is 0 Å². The number of hydrogen-bond acceptors (Lipinski definition) is 15. The zero-order valence-corrected chi connectivity index (χ0v) is 51.0. The summed E-state index contributed by atoms with van der Waals surface area (Å²) in [6, 6.07) is 6.32. The lowest BCUT2D eigenvalue weighted by molar-refractivity contribution is 0.0685. The van der Waals surface area contributed by atoms with Crippen LogP contribution in [0, 0.1) is 0 Å². The van der Waals surface area contributed by atoms with E-state index >= 15 is 0 Å². The van der Waals surface area contributed by atoms with Gasteiger partial charge in [-0.1, -0.05) is 122 Å². The number of amides is 4. The molecule has 4 aliphatic rings. The van der Waals surface area contributed by atoms with Crippen LogP contribution < -0.4 is 29.6 Å². The van der Waals surface area contributed by atoms with Crippen molar-refractivity contribution < 1.29 is 52.0 Å². The first-order valence-corrected chi connectivity index (χ1v) is 34.5. The van der Waals surface area contributed by atoms with Gasteiger partial charge in [0.15, 0.2) is 31.3 Å². The number of nitrogens with one attached hydrogen (secondary N) is 2. The maximum atomic E-state index is 14.7. The molecule has 2 aromatic carbocycles. The van der Waals surface area contributed by atoms with Gasteiger partial charge in [0, 0.05) is 42.8 Å². The molecule has 2 saturated heterocycles. The Kier molecular flexibility index (Phi) is 22.5. The second-order valence-electron chi connectivity index (χ2n) is 21.9. The van der Waals surface area contributed by atoms with Gasteiger partial charge in [-0.3, -0.25) is 20.2 Å². The number of carbonyl (C=O) groups is 4. The van der Waals surface area contributed by atoms with Crippen molar-refractivity contribution in [3.8, 4) is 23.0 Å². The standard InChI is InChI=1S/C56H84N4O11S4Si/c1-13-40-27-38(4)33-59(40)50(61)42-29-46(65-9)48(31-44(42)57-52(63)69-36-55(21-19-22-55)74-72-14-2)67-25-17-16-18-26-68-49-32-45(58-53(64)70-37-56(23-20-24-56)75-73-15-3)43(30-47(49)66-10)51(62)60-34-39(5)28-41(60)35-71-76(11,12)54(6,7)8/h29-32,40-41H,4-5,13-28,33-37H2,1-3,6-12H3,(H,57,63)(H,58,64)/t40-,41+/m1/s1. The van der Waals surface area contributed by atoms with Crippen molar-refractivity contribution in [1.29, 1.82) is 0 Å². The van der Waals surface area contributed by atoms with E-state index in [1.807, 2.05) is 0 Å². The van der Waals surface area contributed by atoms with Gasteiger partial charge in [0.1, 0.15) is 13.2 Å². The van der Waals surface area contributed by atoms with E-state index in [4.69, 9.17) is 32.8 Å². The summed E-state index contributed by atoms with van der Waals surface area (Å²) < 4.78 is 42.3. The third kappa shape index (κ3) is 15.9. The van der Waals surface area contributed by atoms with Crippen LogP contribution in [0.15, 0.2) is 48.6 Å². The van der Waals surface area contributed by atoms with Gasteiger partial charge in [-0.05, 0) is 94.5 Å². The summed E-state index contributed by atoms with van der Waals surface area (Å²) in [5, 5.41) is 5.79. The zero-order valence-electron chi connectivity index (χ0n) is 46.7. The van der Waals surface area contributed by atoms with E-state index in [-0.39, 0.29) is 74.1 Å². The van der Waals surface area contributed by atoms with Crippen LogP contribution in [-0.4, -0.2) is 136 Å². The third-order valence-corrected chi connectivity index (χ3v) is 26.4. The number of nitrogens with zero attached hydrogens (tertiary/aromatic N) is 2. The van der Waals surface area contributed by atoms with Gasteiger partial charge in [0.2, 0.25) is 0 Å². The Labute approximate surface area is 469 Å². The molecular weight excluding hydrogens is 1060 g/mol. The highest BCUT2D eigenvalue weighted by atomic mass is 33.1. The molecule has 6 rings (SSSR count). The summed E-state index contributed by atoms with van der Waals surface area (Å²) >= 11 is 0. The van der Waals surface area contributed by atoms with E-state index in [9.17, 15) is 19.2 Å². The van der Waals surface area contributed by atoms with E-state index in [2.05, 4.69) is 78.4 Å². The quantitative estimate of drug-likeness (QED) is 0.0358. The van der Waals surface area contributed by atoms with Crippen LogP contribution in [0.3, 0.4) is 0 Å².